The summed E-state index contributed by atoms with van der Waals surface area (Å²) in [6.45, 7) is 7.72. The van der Waals surface area contributed by atoms with Crippen LogP contribution >= 0.6 is 11.6 Å². The Balaban J connectivity index is 2.18. The zero-order chi connectivity index (χ0) is 11.7. The topological polar surface area (TPSA) is 42.2 Å². The molecule has 5 heteroatoms. The van der Waals surface area contributed by atoms with Gasteiger partial charge in [0.1, 0.15) is 5.88 Å². The first-order chi connectivity index (χ1) is 7.61. The Labute approximate surface area is 101 Å². The van der Waals surface area contributed by atoms with Crippen molar-refractivity contribution >= 4 is 17.6 Å². The van der Waals surface area contributed by atoms with Crippen molar-refractivity contribution in [3.8, 4) is 0 Å². The predicted octanol–water partition coefficient (Wildman–Crippen LogP) is 2.68. The molecule has 0 bridgehead atoms. The summed E-state index contributed by atoms with van der Waals surface area (Å²) in [5.41, 5.74) is 0. The molecule has 90 valence electrons. The highest BCUT2D eigenvalue weighted by Crippen LogP contribution is 2.30. The monoisotopic (exact) mass is 243 g/mol. The van der Waals surface area contributed by atoms with Crippen LogP contribution in [-0.2, 0) is 5.88 Å². The Bertz CT molecular complexity index is 355. The van der Waals surface area contributed by atoms with Crippen LogP contribution in [0.15, 0.2) is 4.42 Å². The van der Waals surface area contributed by atoms with Crippen molar-refractivity contribution in [1.29, 1.82) is 0 Å². The maximum Gasteiger partial charge on any atom is 0.318 e. The van der Waals surface area contributed by atoms with Gasteiger partial charge in [-0.1, -0.05) is 18.9 Å². The predicted molar refractivity (Wildman–Crippen MR) is 63.6 cm³/mol. The minimum Gasteiger partial charge on any atom is -0.407 e. The Kier molecular flexibility index (Phi) is 3.38. The summed E-state index contributed by atoms with van der Waals surface area (Å²) in [7, 11) is 0. The zero-order valence-electron chi connectivity index (χ0n) is 9.98. The van der Waals surface area contributed by atoms with Crippen molar-refractivity contribution in [3.63, 3.8) is 0 Å². The second kappa shape index (κ2) is 4.62. The first-order valence-corrected chi connectivity index (χ1v) is 6.30. The lowest BCUT2D eigenvalue weighted by atomic mass is 9.86. The standard InChI is InChI=1S/C11H18ClN3O/c1-7-4-8(2)9(3)15(6-7)11-14-13-10(5-12)16-11/h7-9H,4-6H2,1-3H3. The number of alkyl halides is 1. The van der Waals surface area contributed by atoms with E-state index in [0.29, 0.717) is 29.8 Å². The van der Waals surface area contributed by atoms with E-state index in [-0.39, 0.29) is 5.88 Å². The first-order valence-electron chi connectivity index (χ1n) is 5.76. The molecule has 4 nitrogen and oxygen atoms in total. The summed E-state index contributed by atoms with van der Waals surface area (Å²) >= 11 is 5.66. The van der Waals surface area contributed by atoms with Crippen molar-refractivity contribution in [2.75, 3.05) is 11.4 Å². The van der Waals surface area contributed by atoms with Crippen LogP contribution in [0.3, 0.4) is 0 Å². The maximum atomic E-state index is 5.66. The van der Waals surface area contributed by atoms with Crippen LogP contribution in [0.2, 0.25) is 0 Å². The van der Waals surface area contributed by atoms with Gasteiger partial charge in [-0.15, -0.1) is 16.7 Å². The van der Waals surface area contributed by atoms with Crippen LogP contribution in [-0.4, -0.2) is 22.8 Å². The summed E-state index contributed by atoms with van der Waals surface area (Å²) in [4.78, 5) is 2.20. The number of hydrogen-bond donors (Lipinski definition) is 0. The van der Waals surface area contributed by atoms with Crippen molar-refractivity contribution in [1.82, 2.24) is 10.2 Å². The van der Waals surface area contributed by atoms with Crippen LogP contribution < -0.4 is 4.90 Å². The summed E-state index contributed by atoms with van der Waals surface area (Å²) in [6.07, 6.45) is 1.26. The van der Waals surface area contributed by atoms with Crippen molar-refractivity contribution in [3.05, 3.63) is 5.89 Å². The smallest absolute Gasteiger partial charge is 0.318 e. The summed E-state index contributed by atoms with van der Waals surface area (Å²) in [5, 5.41) is 7.96. The fourth-order valence-electron chi connectivity index (χ4n) is 2.38. The van der Waals surface area contributed by atoms with Crippen LogP contribution in [0.1, 0.15) is 33.1 Å². The highest BCUT2D eigenvalue weighted by molar-refractivity contribution is 6.16. The van der Waals surface area contributed by atoms with E-state index in [9.17, 15) is 0 Å². The lowest BCUT2D eigenvalue weighted by Gasteiger charge is -2.39. The Hall–Kier alpha value is -0.770. The molecule has 2 heterocycles. The largest absolute Gasteiger partial charge is 0.407 e. The van der Waals surface area contributed by atoms with Gasteiger partial charge in [0.25, 0.3) is 0 Å². The second-order valence-corrected chi connectivity index (χ2v) is 5.09. The molecule has 1 saturated heterocycles. The molecular formula is C11H18ClN3O. The van der Waals surface area contributed by atoms with Crippen molar-refractivity contribution in [2.24, 2.45) is 11.8 Å². The quantitative estimate of drug-likeness (QED) is 0.749. The Morgan fingerprint density at radius 1 is 1.38 bits per heavy atom. The number of halogens is 1. The van der Waals surface area contributed by atoms with E-state index in [1.807, 2.05) is 0 Å². The van der Waals surface area contributed by atoms with E-state index in [0.717, 1.165) is 6.54 Å². The first kappa shape index (κ1) is 11.7. The second-order valence-electron chi connectivity index (χ2n) is 4.82. The molecule has 0 N–H and O–H groups in total. The van der Waals surface area contributed by atoms with Gasteiger partial charge in [0.15, 0.2) is 0 Å². The van der Waals surface area contributed by atoms with Crippen LogP contribution in [0.4, 0.5) is 6.01 Å². The van der Waals surface area contributed by atoms with Gasteiger partial charge >= 0.3 is 6.01 Å². The molecule has 3 unspecified atom stereocenters. The highest BCUT2D eigenvalue weighted by atomic mass is 35.5. The Morgan fingerprint density at radius 3 is 2.75 bits per heavy atom. The molecule has 1 aromatic heterocycles. The molecule has 3 atom stereocenters. The summed E-state index contributed by atoms with van der Waals surface area (Å²) in [6, 6.07) is 1.06. The van der Waals surface area contributed by atoms with Crippen LogP contribution in [0.5, 0.6) is 0 Å². The van der Waals surface area contributed by atoms with Gasteiger partial charge in [0.2, 0.25) is 5.89 Å². The number of aromatic nitrogens is 2. The molecule has 0 spiro atoms. The lowest BCUT2D eigenvalue weighted by molar-refractivity contribution is 0.282. The third-order valence-corrected chi connectivity index (χ3v) is 3.64. The molecule has 0 aromatic carbocycles. The minimum absolute atomic E-state index is 0.278. The molecule has 0 amide bonds. The molecule has 16 heavy (non-hydrogen) atoms. The van der Waals surface area contributed by atoms with Gasteiger partial charge in [-0.25, -0.2) is 0 Å². The number of rotatable bonds is 2. The van der Waals surface area contributed by atoms with E-state index in [1.54, 1.807) is 0 Å². The molecule has 2 rings (SSSR count). The SMILES string of the molecule is CC1CC(C)C(C)N(c2nnc(CCl)o2)C1. The van der Waals surface area contributed by atoms with Gasteiger partial charge in [-0.3, -0.25) is 0 Å². The molecular weight excluding hydrogens is 226 g/mol. The summed E-state index contributed by atoms with van der Waals surface area (Å²) < 4.78 is 5.51. The third kappa shape index (κ3) is 2.17. The van der Waals surface area contributed by atoms with Crippen LogP contribution in [0, 0.1) is 11.8 Å². The van der Waals surface area contributed by atoms with E-state index >= 15 is 0 Å². The van der Waals surface area contributed by atoms with Gasteiger partial charge in [0.05, 0.1) is 0 Å². The van der Waals surface area contributed by atoms with Gasteiger partial charge in [-0.05, 0) is 25.2 Å². The molecule has 0 radical (unpaired) electrons. The van der Waals surface area contributed by atoms with Crippen LogP contribution in [0.25, 0.3) is 0 Å². The van der Waals surface area contributed by atoms with Crippen molar-refractivity contribution in [2.45, 2.75) is 39.1 Å². The fourth-order valence-corrected chi connectivity index (χ4v) is 2.49. The normalized spacial score (nSPS) is 30.8. The van der Waals surface area contributed by atoms with E-state index in [2.05, 4.69) is 35.9 Å². The fraction of sp³-hybridized carbons (Fsp3) is 0.818. The molecule has 0 aliphatic carbocycles. The highest BCUT2D eigenvalue weighted by Gasteiger charge is 2.31. The van der Waals surface area contributed by atoms with Gasteiger partial charge in [0, 0.05) is 12.6 Å². The zero-order valence-corrected chi connectivity index (χ0v) is 10.7. The Morgan fingerprint density at radius 2 is 2.12 bits per heavy atom. The number of piperidine rings is 1. The van der Waals surface area contributed by atoms with E-state index in [4.69, 9.17) is 16.0 Å². The lowest BCUT2D eigenvalue weighted by Crippen LogP contribution is -2.46. The average molecular weight is 244 g/mol. The number of hydrogen-bond acceptors (Lipinski definition) is 4. The molecule has 1 aliphatic rings. The minimum atomic E-state index is 0.278. The maximum absolute atomic E-state index is 5.66. The van der Waals surface area contributed by atoms with E-state index in [1.165, 1.54) is 6.42 Å². The van der Waals surface area contributed by atoms with Gasteiger partial charge in [-0.2, -0.15) is 0 Å². The van der Waals surface area contributed by atoms with Crippen molar-refractivity contribution < 1.29 is 4.42 Å². The number of anilines is 1. The number of nitrogens with zero attached hydrogens (tertiary/aromatic N) is 3. The van der Waals surface area contributed by atoms with Gasteiger partial charge < -0.3 is 9.32 Å². The third-order valence-electron chi connectivity index (χ3n) is 3.41. The molecule has 0 saturated carbocycles. The molecule has 1 aromatic rings. The van der Waals surface area contributed by atoms with E-state index < -0.39 is 0 Å². The average Bonchev–Trinajstić information content (AvgIpc) is 2.71. The molecule has 1 fully saturated rings. The summed E-state index contributed by atoms with van der Waals surface area (Å²) in [5.74, 6) is 2.09. The molecule has 1 aliphatic heterocycles.